The molecule has 98 valence electrons. The zero-order valence-electron chi connectivity index (χ0n) is 9.89. The lowest BCUT2D eigenvalue weighted by Gasteiger charge is -2.05. The number of nitrogens with one attached hydrogen (secondary N) is 2. The highest BCUT2D eigenvalue weighted by molar-refractivity contribution is 7.99. The molecule has 18 heavy (non-hydrogen) atoms. The number of benzene rings is 1. The normalized spacial score (nSPS) is 10.0. The van der Waals surface area contributed by atoms with Crippen LogP contribution in [-0.4, -0.2) is 42.4 Å². The molecule has 0 bridgehead atoms. The Morgan fingerprint density at radius 1 is 1.17 bits per heavy atom. The molecule has 0 aliphatic carbocycles. The number of carboxylic acids is 1. The van der Waals surface area contributed by atoms with Gasteiger partial charge in [-0.3, -0.25) is 14.9 Å². The number of rotatable bonds is 8. The molecule has 1 aromatic rings. The molecule has 3 N–H and O–H groups in total. The number of amides is 1. The molecule has 0 heterocycles. The number of hydrogen-bond donors (Lipinski definition) is 3. The summed E-state index contributed by atoms with van der Waals surface area (Å²) in [5, 5.41) is 13.6. The van der Waals surface area contributed by atoms with Gasteiger partial charge in [0.15, 0.2) is 0 Å². The Morgan fingerprint density at radius 3 is 2.56 bits per heavy atom. The largest absolute Gasteiger partial charge is 0.480 e. The van der Waals surface area contributed by atoms with Crippen molar-refractivity contribution in [2.24, 2.45) is 0 Å². The van der Waals surface area contributed by atoms with Gasteiger partial charge in [-0.25, -0.2) is 0 Å². The average Bonchev–Trinajstić information content (AvgIpc) is 2.35. The van der Waals surface area contributed by atoms with Crippen LogP contribution in [0.4, 0.5) is 0 Å². The lowest BCUT2D eigenvalue weighted by Crippen LogP contribution is -2.37. The summed E-state index contributed by atoms with van der Waals surface area (Å²) in [4.78, 5) is 22.6. The van der Waals surface area contributed by atoms with E-state index in [0.717, 1.165) is 10.6 Å². The van der Waals surface area contributed by atoms with Crippen molar-refractivity contribution in [2.45, 2.75) is 4.90 Å². The van der Waals surface area contributed by atoms with Crippen molar-refractivity contribution in [2.75, 3.05) is 25.4 Å². The third-order valence-electron chi connectivity index (χ3n) is 2.00. The van der Waals surface area contributed by atoms with Gasteiger partial charge in [-0.1, -0.05) is 18.2 Å². The van der Waals surface area contributed by atoms with E-state index in [4.69, 9.17) is 5.11 Å². The minimum absolute atomic E-state index is 0.0301. The van der Waals surface area contributed by atoms with E-state index >= 15 is 0 Å². The van der Waals surface area contributed by atoms with Crippen molar-refractivity contribution in [1.29, 1.82) is 0 Å². The molecule has 0 saturated heterocycles. The van der Waals surface area contributed by atoms with Gasteiger partial charge in [0.1, 0.15) is 0 Å². The smallest absolute Gasteiger partial charge is 0.317 e. The van der Waals surface area contributed by atoms with E-state index in [1.165, 1.54) is 0 Å². The van der Waals surface area contributed by atoms with Crippen molar-refractivity contribution < 1.29 is 14.7 Å². The summed E-state index contributed by atoms with van der Waals surface area (Å²) in [7, 11) is 0. The van der Waals surface area contributed by atoms with Crippen molar-refractivity contribution in [1.82, 2.24) is 10.6 Å². The van der Waals surface area contributed by atoms with Gasteiger partial charge in [0.25, 0.3) is 0 Å². The van der Waals surface area contributed by atoms with E-state index in [1.807, 2.05) is 30.3 Å². The van der Waals surface area contributed by atoms with Gasteiger partial charge >= 0.3 is 5.97 Å². The van der Waals surface area contributed by atoms with E-state index in [-0.39, 0.29) is 19.0 Å². The Morgan fingerprint density at radius 2 is 1.89 bits per heavy atom. The highest BCUT2D eigenvalue weighted by Crippen LogP contribution is 2.15. The SMILES string of the molecule is O=C(O)CNCC(=O)NCCSc1ccccc1. The van der Waals surface area contributed by atoms with E-state index < -0.39 is 5.97 Å². The fraction of sp³-hybridized carbons (Fsp3) is 0.333. The lowest BCUT2D eigenvalue weighted by molar-refractivity contribution is -0.136. The molecule has 0 spiro atoms. The van der Waals surface area contributed by atoms with Gasteiger partial charge < -0.3 is 10.4 Å². The van der Waals surface area contributed by atoms with Crippen molar-refractivity contribution in [3.63, 3.8) is 0 Å². The molecule has 0 aromatic heterocycles. The highest BCUT2D eigenvalue weighted by Gasteiger charge is 2.01. The molecule has 1 amide bonds. The molecule has 0 aliphatic heterocycles. The van der Waals surface area contributed by atoms with Crippen molar-refractivity contribution >= 4 is 23.6 Å². The number of carbonyl (C=O) groups excluding carboxylic acids is 1. The minimum Gasteiger partial charge on any atom is -0.480 e. The Labute approximate surface area is 110 Å². The molecule has 0 unspecified atom stereocenters. The molecular formula is C12H16N2O3S. The summed E-state index contributed by atoms with van der Waals surface area (Å²) in [5.41, 5.74) is 0. The fourth-order valence-corrected chi connectivity index (χ4v) is 2.01. The number of carbonyl (C=O) groups is 2. The Kier molecular flexibility index (Phi) is 6.90. The quantitative estimate of drug-likeness (QED) is 0.474. The van der Waals surface area contributed by atoms with Gasteiger partial charge in [0.05, 0.1) is 13.1 Å². The van der Waals surface area contributed by atoms with Gasteiger partial charge in [0.2, 0.25) is 5.91 Å². The van der Waals surface area contributed by atoms with Crippen LogP contribution in [0, 0.1) is 0 Å². The molecule has 1 aromatic carbocycles. The molecular weight excluding hydrogens is 252 g/mol. The third kappa shape index (κ3) is 6.93. The summed E-state index contributed by atoms with van der Waals surface area (Å²) in [6.45, 7) is 0.391. The van der Waals surface area contributed by atoms with Crippen LogP contribution in [0.1, 0.15) is 0 Å². The predicted octanol–water partition coefficient (Wildman–Crippen LogP) is 0.569. The highest BCUT2D eigenvalue weighted by atomic mass is 32.2. The van der Waals surface area contributed by atoms with Gasteiger partial charge in [-0.15, -0.1) is 11.8 Å². The first-order chi connectivity index (χ1) is 8.68. The average molecular weight is 268 g/mol. The molecule has 6 heteroatoms. The number of aliphatic carboxylic acids is 1. The summed E-state index contributed by atoms with van der Waals surface area (Å²) >= 11 is 1.66. The first kappa shape index (κ1) is 14.5. The molecule has 0 fully saturated rings. The van der Waals surface area contributed by atoms with Crippen LogP contribution >= 0.6 is 11.8 Å². The van der Waals surface area contributed by atoms with Crippen LogP contribution in [-0.2, 0) is 9.59 Å². The zero-order valence-corrected chi connectivity index (χ0v) is 10.7. The molecule has 5 nitrogen and oxygen atoms in total. The Balaban J connectivity index is 2.04. The van der Waals surface area contributed by atoms with E-state index in [0.29, 0.717) is 6.54 Å². The van der Waals surface area contributed by atoms with Crippen molar-refractivity contribution in [3.8, 4) is 0 Å². The minimum atomic E-state index is -0.970. The standard InChI is InChI=1S/C12H16N2O3S/c15-11(8-13-9-12(16)17)14-6-7-18-10-4-2-1-3-5-10/h1-5,13H,6-9H2,(H,14,15)(H,16,17). The summed E-state index contributed by atoms with van der Waals surface area (Å²) in [6.07, 6.45) is 0. The maximum Gasteiger partial charge on any atom is 0.317 e. The maximum atomic E-state index is 11.3. The molecule has 0 saturated carbocycles. The zero-order chi connectivity index (χ0) is 13.2. The molecule has 1 rings (SSSR count). The maximum absolute atomic E-state index is 11.3. The summed E-state index contributed by atoms with van der Waals surface area (Å²) in [5.74, 6) is -0.373. The molecule has 0 atom stereocenters. The topological polar surface area (TPSA) is 78.4 Å². The Bertz CT molecular complexity index is 384. The second-order valence-corrected chi connectivity index (χ2v) is 4.68. The van der Waals surface area contributed by atoms with Crippen LogP contribution in [0.25, 0.3) is 0 Å². The van der Waals surface area contributed by atoms with Gasteiger partial charge in [-0.2, -0.15) is 0 Å². The van der Waals surface area contributed by atoms with Gasteiger partial charge in [0, 0.05) is 17.2 Å². The van der Waals surface area contributed by atoms with Crippen LogP contribution in [0.15, 0.2) is 35.2 Å². The van der Waals surface area contributed by atoms with Gasteiger partial charge in [-0.05, 0) is 12.1 Å². The second-order valence-electron chi connectivity index (χ2n) is 3.51. The predicted molar refractivity (Wildman–Crippen MR) is 70.7 cm³/mol. The summed E-state index contributed by atoms with van der Waals surface area (Å²) < 4.78 is 0. The summed E-state index contributed by atoms with van der Waals surface area (Å²) in [6, 6.07) is 9.93. The van der Waals surface area contributed by atoms with Crippen LogP contribution in [0.5, 0.6) is 0 Å². The van der Waals surface area contributed by atoms with Crippen LogP contribution in [0.3, 0.4) is 0 Å². The number of hydrogen-bond acceptors (Lipinski definition) is 4. The third-order valence-corrected chi connectivity index (χ3v) is 3.01. The second kappa shape index (κ2) is 8.54. The van der Waals surface area contributed by atoms with E-state index in [9.17, 15) is 9.59 Å². The number of thioether (sulfide) groups is 1. The molecule has 0 aliphatic rings. The fourth-order valence-electron chi connectivity index (χ4n) is 1.22. The van der Waals surface area contributed by atoms with Crippen molar-refractivity contribution in [3.05, 3.63) is 30.3 Å². The van der Waals surface area contributed by atoms with Crippen LogP contribution < -0.4 is 10.6 Å². The van der Waals surface area contributed by atoms with E-state index in [2.05, 4.69) is 10.6 Å². The number of carboxylic acid groups (broad SMARTS) is 1. The first-order valence-corrected chi connectivity index (χ1v) is 6.54. The van der Waals surface area contributed by atoms with E-state index in [1.54, 1.807) is 11.8 Å². The molecule has 0 radical (unpaired) electrons. The van der Waals surface area contributed by atoms with Crippen LogP contribution in [0.2, 0.25) is 0 Å². The lowest BCUT2D eigenvalue weighted by atomic mass is 10.4. The monoisotopic (exact) mass is 268 g/mol. The first-order valence-electron chi connectivity index (χ1n) is 5.55. The Hall–Kier alpha value is -1.53.